The molecular weight excluding hydrogens is 238 g/mol. The SMILES string of the molecule is CCN1CN(c2ccc(O)cc2)c2nccc(C)c21. The van der Waals surface area contributed by atoms with E-state index in [1.165, 1.54) is 11.3 Å². The Morgan fingerprint density at radius 3 is 2.63 bits per heavy atom. The van der Waals surface area contributed by atoms with E-state index in [4.69, 9.17) is 0 Å². The van der Waals surface area contributed by atoms with Crippen LogP contribution in [0.25, 0.3) is 0 Å². The number of benzene rings is 1. The van der Waals surface area contributed by atoms with Gasteiger partial charge in [-0.15, -0.1) is 0 Å². The van der Waals surface area contributed by atoms with E-state index in [0.29, 0.717) is 0 Å². The molecule has 0 saturated carbocycles. The number of anilines is 3. The van der Waals surface area contributed by atoms with Crippen LogP contribution in [0, 0.1) is 6.92 Å². The standard InChI is InChI=1S/C15H17N3O/c1-3-17-10-18(12-4-6-13(19)7-5-12)15-14(17)11(2)8-9-16-15/h4-9,19H,3,10H2,1-2H3. The first kappa shape index (κ1) is 11.8. The van der Waals surface area contributed by atoms with Gasteiger partial charge in [-0.2, -0.15) is 0 Å². The number of pyridine rings is 1. The van der Waals surface area contributed by atoms with Crippen molar-refractivity contribution in [2.75, 3.05) is 23.0 Å². The highest BCUT2D eigenvalue weighted by Gasteiger charge is 2.28. The molecule has 1 aromatic heterocycles. The molecule has 0 spiro atoms. The molecule has 4 nitrogen and oxygen atoms in total. The molecule has 4 heteroatoms. The molecule has 0 atom stereocenters. The maximum atomic E-state index is 9.39. The van der Waals surface area contributed by atoms with E-state index in [2.05, 4.69) is 28.6 Å². The fourth-order valence-electron chi connectivity index (χ4n) is 2.53. The third kappa shape index (κ3) is 1.89. The molecule has 19 heavy (non-hydrogen) atoms. The second-order valence-corrected chi connectivity index (χ2v) is 4.74. The molecule has 0 amide bonds. The van der Waals surface area contributed by atoms with Gasteiger partial charge in [-0.25, -0.2) is 4.98 Å². The number of aromatic hydroxyl groups is 1. The van der Waals surface area contributed by atoms with Crippen LogP contribution >= 0.6 is 0 Å². The number of phenols is 1. The molecule has 1 aromatic carbocycles. The van der Waals surface area contributed by atoms with Gasteiger partial charge < -0.3 is 14.9 Å². The average Bonchev–Trinajstić information content (AvgIpc) is 2.80. The highest BCUT2D eigenvalue weighted by atomic mass is 16.3. The fourth-order valence-corrected chi connectivity index (χ4v) is 2.53. The third-order valence-electron chi connectivity index (χ3n) is 3.53. The van der Waals surface area contributed by atoms with Gasteiger partial charge in [-0.05, 0) is 49.7 Å². The number of nitrogens with zero attached hydrogens (tertiary/aromatic N) is 3. The van der Waals surface area contributed by atoms with Crippen molar-refractivity contribution in [1.29, 1.82) is 0 Å². The first-order valence-electron chi connectivity index (χ1n) is 6.48. The number of phenolic OH excluding ortho intramolecular Hbond substituents is 1. The summed E-state index contributed by atoms with van der Waals surface area (Å²) >= 11 is 0. The molecule has 2 heterocycles. The molecule has 0 aliphatic carbocycles. The molecule has 0 radical (unpaired) electrons. The Kier molecular flexibility index (Phi) is 2.78. The third-order valence-corrected chi connectivity index (χ3v) is 3.53. The van der Waals surface area contributed by atoms with Gasteiger partial charge in [0.25, 0.3) is 0 Å². The van der Waals surface area contributed by atoms with Crippen molar-refractivity contribution in [3.8, 4) is 5.75 Å². The van der Waals surface area contributed by atoms with E-state index < -0.39 is 0 Å². The van der Waals surface area contributed by atoms with E-state index in [1.54, 1.807) is 12.1 Å². The largest absolute Gasteiger partial charge is 0.508 e. The zero-order chi connectivity index (χ0) is 13.4. The second-order valence-electron chi connectivity index (χ2n) is 4.74. The number of aromatic nitrogens is 1. The van der Waals surface area contributed by atoms with Crippen molar-refractivity contribution >= 4 is 17.2 Å². The lowest BCUT2D eigenvalue weighted by atomic mass is 10.2. The summed E-state index contributed by atoms with van der Waals surface area (Å²) in [6.07, 6.45) is 1.85. The Balaban J connectivity index is 2.07. The second kappa shape index (κ2) is 4.46. The summed E-state index contributed by atoms with van der Waals surface area (Å²) in [4.78, 5) is 9.00. The van der Waals surface area contributed by atoms with Crippen molar-refractivity contribution in [2.45, 2.75) is 13.8 Å². The molecule has 0 bridgehead atoms. The monoisotopic (exact) mass is 255 g/mol. The smallest absolute Gasteiger partial charge is 0.158 e. The van der Waals surface area contributed by atoms with Crippen LogP contribution in [0.5, 0.6) is 5.75 Å². The normalized spacial score (nSPS) is 13.8. The van der Waals surface area contributed by atoms with E-state index in [0.717, 1.165) is 24.7 Å². The molecule has 98 valence electrons. The first-order valence-corrected chi connectivity index (χ1v) is 6.48. The van der Waals surface area contributed by atoms with Gasteiger partial charge in [0.2, 0.25) is 0 Å². The van der Waals surface area contributed by atoms with Crippen LogP contribution in [0.15, 0.2) is 36.5 Å². The summed E-state index contributed by atoms with van der Waals surface area (Å²) in [5.74, 6) is 1.28. The quantitative estimate of drug-likeness (QED) is 0.895. The predicted octanol–water partition coefficient (Wildman–Crippen LogP) is 3.03. The maximum absolute atomic E-state index is 9.39. The van der Waals surface area contributed by atoms with Crippen LogP contribution in [0.3, 0.4) is 0 Å². The lowest BCUT2D eigenvalue weighted by Crippen LogP contribution is -2.27. The van der Waals surface area contributed by atoms with Crippen LogP contribution in [0.4, 0.5) is 17.2 Å². The van der Waals surface area contributed by atoms with Crippen molar-refractivity contribution < 1.29 is 5.11 Å². The first-order chi connectivity index (χ1) is 9.20. The van der Waals surface area contributed by atoms with Crippen LogP contribution in [0.1, 0.15) is 12.5 Å². The Bertz CT molecular complexity index is 595. The van der Waals surface area contributed by atoms with Gasteiger partial charge in [0, 0.05) is 18.4 Å². The Morgan fingerprint density at radius 1 is 1.21 bits per heavy atom. The molecule has 2 aromatic rings. The van der Waals surface area contributed by atoms with Gasteiger partial charge >= 0.3 is 0 Å². The molecule has 3 rings (SSSR count). The van der Waals surface area contributed by atoms with Crippen LogP contribution in [0.2, 0.25) is 0 Å². The number of aryl methyl sites for hydroxylation is 1. The van der Waals surface area contributed by atoms with E-state index >= 15 is 0 Å². The molecule has 1 aliphatic rings. The maximum Gasteiger partial charge on any atom is 0.158 e. The molecule has 1 aliphatic heterocycles. The predicted molar refractivity (Wildman–Crippen MR) is 77.1 cm³/mol. The van der Waals surface area contributed by atoms with E-state index in [9.17, 15) is 5.11 Å². The van der Waals surface area contributed by atoms with Gasteiger partial charge in [-0.3, -0.25) is 0 Å². The van der Waals surface area contributed by atoms with Gasteiger partial charge in [0.1, 0.15) is 5.75 Å². The zero-order valence-electron chi connectivity index (χ0n) is 11.2. The summed E-state index contributed by atoms with van der Waals surface area (Å²) in [6, 6.07) is 9.30. The number of rotatable bonds is 2. The van der Waals surface area contributed by atoms with Gasteiger partial charge in [0.15, 0.2) is 5.82 Å². The average molecular weight is 255 g/mol. The minimum atomic E-state index is 0.285. The summed E-state index contributed by atoms with van der Waals surface area (Å²) in [5, 5.41) is 9.39. The molecule has 0 unspecified atom stereocenters. The number of fused-ring (bicyclic) bond motifs is 1. The van der Waals surface area contributed by atoms with E-state index in [-0.39, 0.29) is 5.75 Å². The Labute approximate surface area is 112 Å². The van der Waals surface area contributed by atoms with Gasteiger partial charge in [-0.1, -0.05) is 0 Å². The molecule has 0 fully saturated rings. The van der Waals surface area contributed by atoms with E-state index in [1.807, 2.05) is 24.4 Å². The van der Waals surface area contributed by atoms with Crippen molar-refractivity contribution in [3.05, 3.63) is 42.1 Å². The summed E-state index contributed by atoms with van der Waals surface area (Å²) < 4.78 is 0. The molecular formula is C15H17N3O. The number of hydrogen-bond acceptors (Lipinski definition) is 4. The lowest BCUT2D eigenvalue weighted by molar-refractivity contribution is 0.475. The number of hydrogen-bond donors (Lipinski definition) is 1. The van der Waals surface area contributed by atoms with Crippen LogP contribution < -0.4 is 9.80 Å². The zero-order valence-corrected chi connectivity index (χ0v) is 11.2. The minimum Gasteiger partial charge on any atom is -0.508 e. The van der Waals surface area contributed by atoms with Crippen molar-refractivity contribution in [3.63, 3.8) is 0 Å². The highest BCUT2D eigenvalue weighted by molar-refractivity contribution is 5.81. The molecule has 0 saturated heterocycles. The van der Waals surface area contributed by atoms with Crippen LogP contribution in [-0.2, 0) is 0 Å². The summed E-state index contributed by atoms with van der Waals surface area (Å²) in [7, 11) is 0. The van der Waals surface area contributed by atoms with Gasteiger partial charge in [0.05, 0.1) is 12.4 Å². The Morgan fingerprint density at radius 2 is 1.95 bits per heavy atom. The highest BCUT2D eigenvalue weighted by Crippen LogP contribution is 2.40. The topological polar surface area (TPSA) is 39.6 Å². The van der Waals surface area contributed by atoms with Crippen molar-refractivity contribution in [1.82, 2.24) is 4.98 Å². The Hall–Kier alpha value is -2.23. The van der Waals surface area contributed by atoms with Crippen molar-refractivity contribution in [2.24, 2.45) is 0 Å². The molecule has 1 N–H and O–H groups in total. The lowest BCUT2D eigenvalue weighted by Gasteiger charge is -2.20. The van der Waals surface area contributed by atoms with Crippen LogP contribution in [-0.4, -0.2) is 23.3 Å². The summed E-state index contributed by atoms with van der Waals surface area (Å²) in [5.41, 5.74) is 3.50. The fraction of sp³-hybridized carbons (Fsp3) is 0.267. The summed E-state index contributed by atoms with van der Waals surface area (Å²) in [6.45, 7) is 6.02. The minimum absolute atomic E-state index is 0.285.